The number of likely N-dealkylation sites (tertiary alicyclic amines) is 1. The molecule has 0 bridgehead atoms. The minimum absolute atomic E-state index is 0.0899. The topological polar surface area (TPSA) is 58.4 Å². The van der Waals surface area contributed by atoms with Gasteiger partial charge in [-0.05, 0) is 24.8 Å². The van der Waals surface area contributed by atoms with Gasteiger partial charge in [0.05, 0.1) is 6.04 Å². The lowest BCUT2D eigenvalue weighted by atomic mass is 9.85. The molecule has 2 heterocycles. The van der Waals surface area contributed by atoms with Crippen molar-refractivity contribution in [1.82, 2.24) is 10.1 Å². The van der Waals surface area contributed by atoms with E-state index in [1.165, 1.54) is 5.56 Å². The largest absolute Gasteiger partial charge is 0.359 e. The molecule has 22 heavy (non-hydrogen) atoms. The number of benzene rings is 1. The molecule has 1 aliphatic heterocycles. The Balaban J connectivity index is 1.77. The molecular formula is C17H21N3O2. The Kier molecular flexibility index (Phi) is 3.88. The minimum Gasteiger partial charge on any atom is -0.359 e. The van der Waals surface area contributed by atoms with Crippen LogP contribution in [0.5, 0.6) is 0 Å². The van der Waals surface area contributed by atoms with Crippen LogP contribution in [0.15, 0.2) is 34.9 Å². The van der Waals surface area contributed by atoms with Crippen molar-refractivity contribution in [1.29, 1.82) is 0 Å². The number of rotatable bonds is 3. The number of carbonyl (C=O) groups excluding carboxylic acids is 1. The summed E-state index contributed by atoms with van der Waals surface area (Å²) in [5.74, 6) is 1.11. The molecule has 0 unspecified atom stereocenters. The van der Waals surface area contributed by atoms with E-state index in [4.69, 9.17) is 4.52 Å². The Labute approximate surface area is 130 Å². The summed E-state index contributed by atoms with van der Waals surface area (Å²) in [4.78, 5) is 14.5. The standard InChI is InChI=1S/C17H21N3O2/c1-4-14-15(12(3)22-19-14)18-17(21)20-10-11(2)16(20)13-8-6-5-7-9-13/h5-9,11,16H,4,10H2,1-3H3,(H,18,21)/t11-,16-/m0/s1. The first-order chi connectivity index (χ1) is 10.6. The maximum absolute atomic E-state index is 12.6. The third-order valence-corrected chi connectivity index (χ3v) is 4.26. The Morgan fingerprint density at radius 1 is 1.41 bits per heavy atom. The van der Waals surface area contributed by atoms with Crippen LogP contribution in [0.2, 0.25) is 0 Å². The van der Waals surface area contributed by atoms with Crippen molar-refractivity contribution in [3.63, 3.8) is 0 Å². The molecule has 5 heteroatoms. The van der Waals surface area contributed by atoms with E-state index in [0.29, 0.717) is 17.4 Å². The zero-order valence-corrected chi connectivity index (χ0v) is 13.2. The lowest BCUT2D eigenvalue weighted by Crippen LogP contribution is -2.53. The van der Waals surface area contributed by atoms with Gasteiger partial charge in [0, 0.05) is 6.54 Å². The molecule has 2 atom stereocenters. The zero-order valence-electron chi connectivity index (χ0n) is 13.2. The number of hydrogen-bond acceptors (Lipinski definition) is 3. The summed E-state index contributed by atoms with van der Waals surface area (Å²) in [6.07, 6.45) is 0.728. The molecule has 116 valence electrons. The number of aromatic nitrogens is 1. The highest BCUT2D eigenvalue weighted by Crippen LogP contribution is 2.38. The van der Waals surface area contributed by atoms with Crippen LogP contribution in [0.4, 0.5) is 10.5 Å². The highest BCUT2D eigenvalue weighted by atomic mass is 16.5. The summed E-state index contributed by atoms with van der Waals surface area (Å²) in [5.41, 5.74) is 2.67. The van der Waals surface area contributed by atoms with Crippen molar-refractivity contribution < 1.29 is 9.32 Å². The predicted molar refractivity (Wildman–Crippen MR) is 84.7 cm³/mol. The molecule has 1 saturated heterocycles. The SMILES string of the molecule is CCc1noc(C)c1NC(=O)N1C[C@H](C)[C@H]1c1ccccc1. The summed E-state index contributed by atoms with van der Waals surface area (Å²) in [7, 11) is 0. The molecule has 0 aliphatic carbocycles. The van der Waals surface area contributed by atoms with Crippen LogP contribution in [0.1, 0.15) is 36.9 Å². The second-order valence-electron chi connectivity index (χ2n) is 5.83. The second kappa shape index (κ2) is 5.83. The number of urea groups is 1. The monoisotopic (exact) mass is 299 g/mol. The summed E-state index contributed by atoms with van der Waals surface area (Å²) < 4.78 is 5.17. The number of amides is 2. The molecule has 1 fully saturated rings. The van der Waals surface area contributed by atoms with Crippen molar-refractivity contribution >= 4 is 11.7 Å². The maximum atomic E-state index is 12.6. The van der Waals surface area contributed by atoms with E-state index in [1.807, 2.05) is 36.9 Å². The van der Waals surface area contributed by atoms with Crippen molar-refractivity contribution in [3.8, 4) is 0 Å². The Morgan fingerprint density at radius 2 is 2.14 bits per heavy atom. The number of anilines is 1. The van der Waals surface area contributed by atoms with Crippen LogP contribution in [0.25, 0.3) is 0 Å². The number of nitrogens with one attached hydrogen (secondary N) is 1. The molecule has 1 aromatic heterocycles. The number of nitrogens with zero attached hydrogens (tertiary/aromatic N) is 2. The van der Waals surface area contributed by atoms with E-state index in [2.05, 4.69) is 29.5 Å². The molecule has 0 radical (unpaired) electrons. The average molecular weight is 299 g/mol. The normalized spacial score (nSPS) is 20.6. The van der Waals surface area contributed by atoms with Gasteiger partial charge in [0.2, 0.25) is 0 Å². The van der Waals surface area contributed by atoms with Crippen molar-refractivity contribution in [3.05, 3.63) is 47.3 Å². The molecule has 2 amide bonds. The van der Waals surface area contributed by atoms with Gasteiger partial charge in [-0.1, -0.05) is 49.3 Å². The number of aryl methyl sites for hydroxylation is 2. The van der Waals surface area contributed by atoms with Gasteiger partial charge in [0.25, 0.3) is 0 Å². The Hall–Kier alpha value is -2.30. The van der Waals surface area contributed by atoms with Gasteiger partial charge in [-0.3, -0.25) is 0 Å². The van der Waals surface area contributed by atoms with E-state index in [1.54, 1.807) is 0 Å². The first kappa shape index (κ1) is 14.6. The average Bonchev–Trinajstić information content (AvgIpc) is 2.86. The molecule has 1 N–H and O–H groups in total. The Morgan fingerprint density at radius 3 is 2.77 bits per heavy atom. The summed E-state index contributed by atoms with van der Waals surface area (Å²) in [6, 6.07) is 10.2. The third kappa shape index (κ3) is 2.47. The third-order valence-electron chi connectivity index (χ3n) is 4.26. The first-order valence-electron chi connectivity index (χ1n) is 7.69. The van der Waals surface area contributed by atoms with Crippen LogP contribution in [0.3, 0.4) is 0 Å². The molecule has 3 rings (SSSR count). The van der Waals surface area contributed by atoms with Crippen LogP contribution < -0.4 is 5.32 Å². The molecular weight excluding hydrogens is 278 g/mol. The fraction of sp³-hybridized carbons (Fsp3) is 0.412. The molecule has 1 aliphatic rings. The molecule has 2 aromatic rings. The molecule has 0 saturated carbocycles. The van der Waals surface area contributed by atoms with Gasteiger partial charge < -0.3 is 14.7 Å². The van der Waals surface area contributed by atoms with Crippen molar-refractivity contribution in [2.75, 3.05) is 11.9 Å². The minimum atomic E-state index is -0.0899. The molecule has 1 aromatic carbocycles. The van der Waals surface area contributed by atoms with E-state index in [0.717, 1.165) is 18.7 Å². The van der Waals surface area contributed by atoms with Crippen LogP contribution >= 0.6 is 0 Å². The maximum Gasteiger partial charge on any atom is 0.322 e. The van der Waals surface area contributed by atoms with Crippen LogP contribution in [0, 0.1) is 12.8 Å². The van der Waals surface area contributed by atoms with Crippen LogP contribution in [-0.2, 0) is 6.42 Å². The van der Waals surface area contributed by atoms with Gasteiger partial charge in [-0.25, -0.2) is 4.79 Å². The van der Waals surface area contributed by atoms with Gasteiger partial charge >= 0.3 is 6.03 Å². The number of hydrogen-bond donors (Lipinski definition) is 1. The Bertz CT molecular complexity index is 666. The summed E-state index contributed by atoms with van der Waals surface area (Å²) >= 11 is 0. The lowest BCUT2D eigenvalue weighted by molar-refractivity contribution is 0.0670. The summed E-state index contributed by atoms with van der Waals surface area (Å²) in [6.45, 7) is 6.74. The fourth-order valence-electron chi connectivity index (χ4n) is 3.06. The summed E-state index contributed by atoms with van der Waals surface area (Å²) in [5, 5.41) is 6.94. The highest BCUT2D eigenvalue weighted by Gasteiger charge is 2.40. The van der Waals surface area contributed by atoms with E-state index in [-0.39, 0.29) is 12.1 Å². The van der Waals surface area contributed by atoms with Crippen LogP contribution in [-0.4, -0.2) is 22.6 Å². The lowest BCUT2D eigenvalue weighted by Gasteiger charge is -2.46. The smallest absolute Gasteiger partial charge is 0.322 e. The molecule has 5 nitrogen and oxygen atoms in total. The van der Waals surface area contributed by atoms with E-state index < -0.39 is 0 Å². The second-order valence-corrected chi connectivity index (χ2v) is 5.83. The fourth-order valence-corrected chi connectivity index (χ4v) is 3.06. The zero-order chi connectivity index (χ0) is 15.7. The van der Waals surface area contributed by atoms with Gasteiger partial charge in [-0.2, -0.15) is 0 Å². The quantitative estimate of drug-likeness (QED) is 0.938. The first-order valence-corrected chi connectivity index (χ1v) is 7.69. The van der Waals surface area contributed by atoms with Crippen molar-refractivity contribution in [2.45, 2.75) is 33.2 Å². The number of carbonyl (C=O) groups is 1. The van der Waals surface area contributed by atoms with Gasteiger partial charge in [0.15, 0.2) is 5.76 Å². The highest BCUT2D eigenvalue weighted by molar-refractivity contribution is 5.91. The molecule has 0 spiro atoms. The van der Waals surface area contributed by atoms with E-state index in [9.17, 15) is 4.79 Å². The van der Waals surface area contributed by atoms with E-state index >= 15 is 0 Å². The predicted octanol–water partition coefficient (Wildman–Crippen LogP) is 3.77. The van der Waals surface area contributed by atoms with Gasteiger partial charge in [-0.15, -0.1) is 0 Å². The van der Waals surface area contributed by atoms with Crippen molar-refractivity contribution in [2.24, 2.45) is 5.92 Å². The van der Waals surface area contributed by atoms with Gasteiger partial charge in [0.1, 0.15) is 11.4 Å².